The third-order valence-electron chi connectivity index (χ3n) is 6.78. The first-order valence-electron chi connectivity index (χ1n) is 12.4. The van der Waals surface area contributed by atoms with E-state index in [0.717, 1.165) is 53.6 Å². The van der Waals surface area contributed by atoms with Gasteiger partial charge >= 0.3 is 0 Å². The first-order chi connectivity index (χ1) is 18.7. The fourth-order valence-electron chi connectivity index (χ4n) is 4.98. The molecule has 38 heavy (non-hydrogen) atoms. The molecule has 5 aromatic carbocycles. The van der Waals surface area contributed by atoms with Gasteiger partial charge in [0, 0.05) is 16.3 Å². The molecule has 0 saturated carbocycles. The van der Waals surface area contributed by atoms with Crippen molar-refractivity contribution in [1.82, 2.24) is 9.97 Å². The van der Waals surface area contributed by atoms with Gasteiger partial charge in [-0.25, -0.2) is 9.97 Å². The van der Waals surface area contributed by atoms with Crippen LogP contribution >= 0.6 is 22.6 Å². The van der Waals surface area contributed by atoms with Crippen molar-refractivity contribution in [3.05, 3.63) is 131 Å². The van der Waals surface area contributed by atoms with E-state index in [0.29, 0.717) is 5.82 Å². The van der Waals surface area contributed by atoms with Crippen molar-refractivity contribution < 1.29 is 4.42 Å². The molecule has 7 rings (SSSR count). The lowest BCUT2D eigenvalue weighted by Crippen LogP contribution is -1.96. The first kappa shape index (κ1) is 22.9. The number of rotatable bonds is 4. The van der Waals surface area contributed by atoms with Crippen LogP contribution in [0, 0.1) is 3.70 Å². The van der Waals surface area contributed by atoms with Crippen LogP contribution in [0.1, 0.15) is 0 Å². The van der Waals surface area contributed by atoms with Gasteiger partial charge < -0.3 is 4.42 Å². The van der Waals surface area contributed by atoms with Crippen LogP contribution < -0.4 is 0 Å². The zero-order valence-electron chi connectivity index (χ0n) is 20.3. The minimum Gasteiger partial charge on any atom is -0.455 e. The van der Waals surface area contributed by atoms with Crippen molar-refractivity contribution in [2.45, 2.75) is 0 Å². The number of aromatic nitrogens is 2. The van der Waals surface area contributed by atoms with Crippen LogP contribution in [0.4, 0.5) is 0 Å². The SMILES string of the molecule is Ic1cc(-c2cc(-c3ccccc3)cc(-c3ccccc3)c2)nc(-c2cccc3c2oc2ccccc23)n1. The van der Waals surface area contributed by atoms with Crippen LogP contribution in [-0.2, 0) is 0 Å². The second-order valence-corrected chi connectivity index (χ2v) is 10.3. The number of hydrogen-bond acceptors (Lipinski definition) is 3. The van der Waals surface area contributed by atoms with E-state index in [1.807, 2.05) is 48.5 Å². The van der Waals surface area contributed by atoms with Gasteiger partial charge in [0.2, 0.25) is 0 Å². The van der Waals surface area contributed by atoms with E-state index >= 15 is 0 Å². The Balaban J connectivity index is 1.43. The number of furan rings is 1. The van der Waals surface area contributed by atoms with Crippen LogP contribution in [-0.4, -0.2) is 9.97 Å². The van der Waals surface area contributed by atoms with E-state index in [9.17, 15) is 0 Å². The number of nitrogens with zero attached hydrogens (tertiary/aromatic N) is 2. The van der Waals surface area contributed by atoms with E-state index in [1.54, 1.807) is 0 Å². The fourth-order valence-corrected chi connectivity index (χ4v) is 5.50. The Kier molecular flexibility index (Phi) is 5.74. The smallest absolute Gasteiger partial charge is 0.164 e. The van der Waals surface area contributed by atoms with E-state index < -0.39 is 0 Å². The topological polar surface area (TPSA) is 38.9 Å². The minimum absolute atomic E-state index is 0.655. The Hall–Kier alpha value is -4.29. The highest BCUT2D eigenvalue weighted by Gasteiger charge is 2.16. The standard InChI is InChI=1S/C34H21IN2O/c35-32-21-30(36-34(37-32)29-16-9-15-28-27-14-7-8-17-31(27)38-33(28)29)26-19-24(22-10-3-1-4-11-22)18-25(20-26)23-12-5-2-6-13-23/h1-21H. The van der Waals surface area contributed by atoms with Crippen LogP contribution in [0.2, 0.25) is 0 Å². The molecular formula is C34H21IN2O. The molecule has 0 saturated heterocycles. The van der Waals surface area contributed by atoms with Crippen LogP contribution in [0.25, 0.3) is 66.8 Å². The molecule has 0 amide bonds. The first-order valence-corrected chi connectivity index (χ1v) is 13.5. The number of fused-ring (bicyclic) bond motifs is 3. The lowest BCUT2D eigenvalue weighted by Gasteiger charge is -2.12. The Morgan fingerprint density at radius 2 is 1.11 bits per heavy atom. The third-order valence-corrected chi connectivity index (χ3v) is 7.34. The van der Waals surface area contributed by atoms with Gasteiger partial charge in [0.25, 0.3) is 0 Å². The molecule has 7 aromatic rings. The van der Waals surface area contributed by atoms with Crippen LogP contribution in [0.3, 0.4) is 0 Å². The lowest BCUT2D eigenvalue weighted by molar-refractivity contribution is 0.669. The summed E-state index contributed by atoms with van der Waals surface area (Å²) in [7, 11) is 0. The summed E-state index contributed by atoms with van der Waals surface area (Å²) < 4.78 is 7.17. The highest BCUT2D eigenvalue weighted by atomic mass is 127. The predicted molar refractivity (Wildman–Crippen MR) is 164 cm³/mol. The molecule has 0 spiro atoms. The Bertz CT molecular complexity index is 1870. The van der Waals surface area contributed by atoms with Crippen molar-refractivity contribution in [2.75, 3.05) is 0 Å². The molecule has 180 valence electrons. The minimum atomic E-state index is 0.655. The fraction of sp³-hybridized carbons (Fsp3) is 0. The molecule has 0 unspecified atom stereocenters. The molecular weight excluding hydrogens is 579 g/mol. The summed E-state index contributed by atoms with van der Waals surface area (Å²) in [5.41, 5.74) is 9.12. The summed E-state index contributed by atoms with van der Waals surface area (Å²) in [4.78, 5) is 9.91. The largest absolute Gasteiger partial charge is 0.455 e. The third kappa shape index (κ3) is 4.17. The number of halogens is 1. The lowest BCUT2D eigenvalue weighted by atomic mass is 9.95. The second-order valence-electron chi connectivity index (χ2n) is 9.21. The summed E-state index contributed by atoms with van der Waals surface area (Å²) in [6, 6.07) is 44.0. The van der Waals surface area contributed by atoms with Gasteiger partial charge in [-0.3, -0.25) is 0 Å². The number of hydrogen-bond donors (Lipinski definition) is 0. The Labute approximate surface area is 234 Å². The quantitative estimate of drug-likeness (QED) is 0.149. The summed E-state index contributed by atoms with van der Waals surface area (Å²) >= 11 is 2.28. The molecule has 3 nitrogen and oxygen atoms in total. The van der Waals surface area contributed by atoms with Gasteiger partial charge in [-0.05, 0) is 81.2 Å². The molecule has 2 heterocycles. The average molecular weight is 600 g/mol. The molecule has 0 aliphatic rings. The summed E-state index contributed by atoms with van der Waals surface area (Å²) in [6.07, 6.45) is 0. The van der Waals surface area contributed by atoms with Gasteiger partial charge in [-0.1, -0.05) is 91.0 Å². The summed E-state index contributed by atoms with van der Waals surface area (Å²) in [6.45, 7) is 0. The van der Waals surface area contributed by atoms with Crippen molar-refractivity contribution in [3.8, 4) is 44.9 Å². The maximum absolute atomic E-state index is 6.29. The molecule has 0 N–H and O–H groups in total. The maximum atomic E-state index is 6.29. The van der Waals surface area contributed by atoms with Gasteiger partial charge in [0.1, 0.15) is 14.9 Å². The summed E-state index contributed by atoms with van der Waals surface area (Å²) in [5, 5.41) is 2.16. The maximum Gasteiger partial charge on any atom is 0.164 e. The zero-order chi connectivity index (χ0) is 25.5. The van der Waals surface area contributed by atoms with Gasteiger partial charge in [-0.2, -0.15) is 0 Å². The van der Waals surface area contributed by atoms with E-state index in [2.05, 4.69) is 101 Å². The highest BCUT2D eigenvalue weighted by molar-refractivity contribution is 14.1. The predicted octanol–water partition coefficient (Wildman–Crippen LogP) is 9.65. The van der Waals surface area contributed by atoms with Crippen LogP contribution in [0.15, 0.2) is 132 Å². The molecule has 0 atom stereocenters. The van der Waals surface area contributed by atoms with E-state index in [1.165, 1.54) is 11.1 Å². The summed E-state index contributed by atoms with van der Waals surface area (Å²) in [5.74, 6) is 0.655. The molecule has 0 fully saturated rings. The molecule has 2 aromatic heterocycles. The van der Waals surface area contributed by atoms with Crippen molar-refractivity contribution in [1.29, 1.82) is 0 Å². The molecule has 0 radical (unpaired) electrons. The van der Waals surface area contributed by atoms with Crippen molar-refractivity contribution in [3.63, 3.8) is 0 Å². The number of para-hydroxylation sites is 2. The van der Waals surface area contributed by atoms with E-state index in [4.69, 9.17) is 14.4 Å². The van der Waals surface area contributed by atoms with Gasteiger partial charge in [0.05, 0.1) is 11.3 Å². The second kappa shape index (κ2) is 9.54. The van der Waals surface area contributed by atoms with Crippen molar-refractivity contribution in [2.24, 2.45) is 0 Å². The van der Waals surface area contributed by atoms with Gasteiger partial charge in [-0.15, -0.1) is 0 Å². The Morgan fingerprint density at radius 3 is 1.82 bits per heavy atom. The van der Waals surface area contributed by atoms with Crippen molar-refractivity contribution >= 4 is 44.5 Å². The highest BCUT2D eigenvalue weighted by Crippen LogP contribution is 2.37. The van der Waals surface area contributed by atoms with E-state index in [-0.39, 0.29) is 0 Å². The monoisotopic (exact) mass is 600 g/mol. The molecule has 4 heteroatoms. The molecule has 0 bridgehead atoms. The molecule has 0 aliphatic carbocycles. The Morgan fingerprint density at radius 1 is 0.500 bits per heavy atom. The van der Waals surface area contributed by atoms with Gasteiger partial charge in [0.15, 0.2) is 5.82 Å². The zero-order valence-corrected chi connectivity index (χ0v) is 22.5. The average Bonchev–Trinajstić information content (AvgIpc) is 3.36. The molecule has 0 aliphatic heterocycles. The van der Waals surface area contributed by atoms with Crippen LogP contribution in [0.5, 0.6) is 0 Å². The number of benzene rings is 5. The normalized spacial score (nSPS) is 11.3.